The summed E-state index contributed by atoms with van der Waals surface area (Å²) in [4.78, 5) is 44.9. The van der Waals surface area contributed by atoms with Crippen molar-refractivity contribution in [3.05, 3.63) is 53.2 Å². The van der Waals surface area contributed by atoms with E-state index in [2.05, 4.69) is 15.5 Å². The number of rotatable bonds is 9. The molecule has 3 atom stereocenters. The molecule has 8 heteroatoms. The van der Waals surface area contributed by atoms with Gasteiger partial charge >= 0.3 is 0 Å². The Balaban J connectivity index is 1.09. The molecular weight excluding hydrogens is 478 g/mol. The maximum Gasteiger partial charge on any atom is 0.251 e. The van der Waals surface area contributed by atoms with E-state index < -0.39 is 5.91 Å². The molecule has 2 saturated carbocycles. The van der Waals surface area contributed by atoms with E-state index in [9.17, 15) is 14.4 Å². The third-order valence-corrected chi connectivity index (χ3v) is 8.92. The number of ketones is 1. The maximum atomic E-state index is 13.2. The molecule has 200 valence electrons. The Morgan fingerprint density at radius 2 is 1.63 bits per heavy atom. The summed E-state index contributed by atoms with van der Waals surface area (Å²) in [6.45, 7) is 0.789. The summed E-state index contributed by atoms with van der Waals surface area (Å²) in [7, 11) is 0. The minimum atomic E-state index is -0.497. The van der Waals surface area contributed by atoms with Crippen LogP contribution in [0.25, 0.3) is 0 Å². The van der Waals surface area contributed by atoms with Crippen LogP contribution in [0, 0.1) is 11.8 Å². The Morgan fingerprint density at radius 1 is 0.921 bits per heavy atom. The molecule has 38 heavy (non-hydrogen) atoms. The van der Waals surface area contributed by atoms with Gasteiger partial charge in [0.1, 0.15) is 5.82 Å². The highest BCUT2D eigenvalue weighted by atomic mass is 16.2. The van der Waals surface area contributed by atoms with Gasteiger partial charge in [-0.25, -0.2) is 4.98 Å². The van der Waals surface area contributed by atoms with Gasteiger partial charge in [-0.3, -0.25) is 14.4 Å². The van der Waals surface area contributed by atoms with Crippen LogP contribution < -0.4 is 21.3 Å². The van der Waals surface area contributed by atoms with Crippen molar-refractivity contribution in [2.45, 2.75) is 82.3 Å². The van der Waals surface area contributed by atoms with Gasteiger partial charge in [-0.1, -0.05) is 12.8 Å². The average molecular weight is 516 g/mol. The van der Waals surface area contributed by atoms with Gasteiger partial charge in [0.2, 0.25) is 0 Å². The molecule has 2 saturated heterocycles. The van der Waals surface area contributed by atoms with E-state index in [1.807, 2.05) is 12.1 Å². The number of primary amides is 1. The number of aromatic nitrogens is 1. The molecule has 4 fully saturated rings. The van der Waals surface area contributed by atoms with Crippen LogP contribution in [0.4, 0.5) is 11.5 Å². The first-order valence-corrected chi connectivity index (χ1v) is 14.2. The van der Waals surface area contributed by atoms with E-state index >= 15 is 0 Å². The number of fused-ring (bicyclic) bond motifs is 2. The monoisotopic (exact) mass is 515 g/mol. The number of pyridine rings is 1. The average Bonchev–Trinajstić information content (AvgIpc) is 3.51. The normalized spacial score (nSPS) is 24.8. The van der Waals surface area contributed by atoms with Crippen molar-refractivity contribution in [2.75, 3.05) is 16.8 Å². The van der Waals surface area contributed by atoms with Gasteiger partial charge < -0.3 is 21.3 Å². The van der Waals surface area contributed by atoms with Gasteiger partial charge in [-0.15, -0.1) is 0 Å². The summed E-state index contributed by atoms with van der Waals surface area (Å²) in [5, 5.41) is 6.56. The zero-order chi connectivity index (χ0) is 26.2. The largest absolute Gasteiger partial charge is 0.384 e. The van der Waals surface area contributed by atoms with Gasteiger partial charge in [0.25, 0.3) is 11.8 Å². The van der Waals surface area contributed by atoms with Gasteiger partial charge in [0, 0.05) is 53.6 Å². The lowest BCUT2D eigenvalue weighted by Crippen LogP contribution is -2.50. The summed E-state index contributed by atoms with van der Waals surface area (Å²) in [6, 6.07) is 9.74. The fraction of sp³-hybridized carbons (Fsp3) is 0.533. The number of amides is 2. The van der Waals surface area contributed by atoms with Crippen LogP contribution in [-0.2, 0) is 0 Å². The van der Waals surface area contributed by atoms with Crippen LogP contribution >= 0.6 is 0 Å². The summed E-state index contributed by atoms with van der Waals surface area (Å²) in [6.07, 6.45) is 12.3. The minimum absolute atomic E-state index is 0.0816. The lowest BCUT2D eigenvalue weighted by molar-refractivity contribution is 0.0917. The molecule has 2 aliphatic heterocycles. The van der Waals surface area contributed by atoms with Gasteiger partial charge in [-0.05, 0) is 87.6 Å². The van der Waals surface area contributed by atoms with Gasteiger partial charge in [0.15, 0.2) is 5.78 Å². The van der Waals surface area contributed by atoms with Crippen LogP contribution in [0.3, 0.4) is 0 Å². The lowest BCUT2D eigenvalue weighted by Gasteiger charge is -2.40. The first-order chi connectivity index (χ1) is 18.5. The number of nitrogens with zero attached hydrogens (tertiary/aromatic N) is 2. The van der Waals surface area contributed by atoms with E-state index in [4.69, 9.17) is 10.7 Å². The lowest BCUT2D eigenvalue weighted by atomic mass is 9.96. The fourth-order valence-electron chi connectivity index (χ4n) is 6.67. The van der Waals surface area contributed by atoms with Crippen molar-refractivity contribution in [1.29, 1.82) is 0 Å². The molecule has 6 rings (SSSR count). The summed E-state index contributed by atoms with van der Waals surface area (Å²) < 4.78 is 0. The van der Waals surface area contributed by atoms with Crippen LogP contribution in [0.5, 0.6) is 0 Å². The number of piperidine rings is 1. The standard InChI is InChI=1S/C30H37N5O3/c31-29(37)25-11-7-20(13-26(25)32-16-18-5-6-18)30(38)34-22-14-23-9-10-24(15-22)35(23)27-12-8-21(17-33-27)28(36)19-3-1-2-4-19/h7-8,11-13,17-19,22-24,32H,1-6,9-10,14-16H2,(H2,31,37)(H,34,38)/t22-,23+,24-. The summed E-state index contributed by atoms with van der Waals surface area (Å²) in [5.41, 5.74) is 7.86. The fourth-order valence-corrected chi connectivity index (χ4v) is 6.67. The Morgan fingerprint density at radius 3 is 2.26 bits per heavy atom. The molecule has 0 radical (unpaired) electrons. The number of carbonyl (C=O) groups is 3. The second-order valence-electron chi connectivity index (χ2n) is 11.6. The van der Waals surface area contributed by atoms with Crippen molar-refractivity contribution in [3.8, 4) is 0 Å². The quantitative estimate of drug-likeness (QED) is 0.429. The third-order valence-electron chi connectivity index (χ3n) is 8.92. The molecule has 2 aromatic rings. The minimum Gasteiger partial charge on any atom is -0.384 e. The zero-order valence-corrected chi connectivity index (χ0v) is 21.8. The molecule has 4 N–H and O–H groups in total. The predicted octanol–water partition coefficient (Wildman–Crippen LogP) is 4.31. The molecule has 8 nitrogen and oxygen atoms in total. The third kappa shape index (κ3) is 5.13. The number of anilines is 2. The number of nitrogens with one attached hydrogen (secondary N) is 2. The molecule has 2 bridgehead atoms. The smallest absolute Gasteiger partial charge is 0.251 e. The second-order valence-corrected chi connectivity index (χ2v) is 11.6. The Labute approximate surface area is 223 Å². The maximum absolute atomic E-state index is 13.2. The van der Waals surface area contributed by atoms with E-state index in [-0.39, 0.29) is 23.7 Å². The van der Waals surface area contributed by atoms with Crippen LogP contribution in [0.15, 0.2) is 36.5 Å². The highest BCUT2D eigenvalue weighted by molar-refractivity contribution is 6.02. The van der Waals surface area contributed by atoms with Crippen LogP contribution in [0.1, 0.15) is 95.3 Å². The van der Waals surface area contributed by atoms with Crippen molar-refractivity contribution >= 4 is 29.1 Å². The number of carbonyl (C=O) groups excluding carboxylic acids is 3. The first kappa shape index (κ1) is 24.9. The van der Waals surface area contributed by atoms with E-state index in [0.29, 0.717) is 34.8 Å². The number of hydrogen-bond acceptors (Lipinski definition) is 6. The first-order valence-electron chi connectivity index (χ1n) is 14.2. The Kier molecular flexibility index (Phi) is 6.80. The van der Waals surface area contributed by atoms with Crippen molar-refractivity contribution in [1.82, 2.24) is 10.3 Å². The van der Waals surface area contributed by atoms with E-state index in [1.54, 1.807) is 24.4 Å². The van der Waals surface area contributed by atoms with E-state index in [1.165, 1.54) is 12.8 Å². The number of benzene rings is 1. The highest BCUT2D eigenvalue weighted by Gasteiger charge is 2.42. The molecule has 1 aromatic heterocycles. The Hall–Kier alpha value is -3.42. The topological polar surface area (TPSA) is 117 Å². The Bertz CT molecular complexity index is 1200. The molecule has 2 aliphatic carbocycles. The van der Waals surface area contributed by atoms with Gasteiger partial charge in [-0.2, -0.15) is 0 Å². The highest BCUT2D eigenvalue weighted by Crippen LogP contribution is 2.39. The molecule has 1 aromatic carbocycles. The molecule has 0 unspecified atom stereocenters. The summed E-state index contributed by atoms with van der Waals surface area (Å²) in [5.74, 6) is 1.34. The molecule has 3 heterocycles. The predicted molar refractivity (Wildman–Crippen MR) is 146 cm³/mol. The zero-order valence-electron chi connectivity index (χ0n) is 21.8. The van der Waals surface area contributed by atoms with Crippen molar-refractivity contribution < 1.29 is 14.4 Å². The number of hydrogen-bond donors (Lipinski definition) is 3. The van der Waals surface area contributed by atoms with Crippen molar-refractivity contribution in [2.24, 2.45) is 17.6 Å². The molecule has 4 aliphatic rings. The van der Waals surface area contributed by atoms with E-state index in [0.717, 1.165) is 69.3 Å². The van der Waals surface area contributed by atoms with Gasteiger partial charge in [0.05, 0.1) is 5.56 Å². The molecular formula is C30H37N5O3. The SMILES string of the molecule is NC(=O)c1ccc(C(=O)N[C@H]2C[C@H]3CC[C@@H](C2)N3c2ccc(C(=O)C3CCCC3)cn2)cc1NCC1CC1. The number of nitrogens with two attached hydrogens (primary N) is 1. The summed E-state index contributed by atoms with van der Waals surface area (Å²) >= 11 is 0. The molecule has 0 spiro atoms. The van der Waals surface area contributed by atoms with Crippen LogP contribution in [0.2, 0.25) is 0 Å². The van der Waals surface area contributed by atoms with Crippen molar-refractivity contribution in [3.63, 3.8) is 0 Å². The second kappa shape index (κ2) is 10.4. The van der Waals surface area contributed by atoms with Crippen LogP contribution in [-0.4, -0.2) is 47.3 Å². The molecule has 2 amide bonds. The number of Topliss-reactive ketones (excluding diaryl/α,β-unsaturated/α-hetero) is 1.